The number of hydrogen-bond donors (Lipinski definition) is 1. The van der Waals surface area contributed by atoms with Gasteiger partial charge in [0.1, 0.15) is 11.6 Å². The number of aromatic nitrogens is 3. The van der Waals surface area contributed by atoms with Gasteiger partial charge in [0.2, 0.25) is 0 Å². The molecule has 0 spiro atoms. The summed E-state index contributed by atoms with van der Waals surface area (Å²) in [5.74, 6) is 1.26. The molecular formula is C12H14N4. The summed E-state index contributed by atoms with van der Waals surface area (Å²) in [6.45, 7) is 4.01. The van der Waals surface area contributed by atoms with E-state index in [-0.39, 0.29) is 0 Å². The summed E-state index contributed by atoms with van der Waals surface area (Å²) < 4.78 is 0. The number of hydrogen-bond acceptors (Lipinski definition) is 4. The fourth-order valence-electron chi connectivity index (χ4n) is 1.52. The van der Waals surface area contributed by atoms with Crippen LogP contribution in [-0.2, 0) is 6.42 Å². The van der Waals surface area contributed by atoms with E-state index in [1.54, 1.807) is 12.3 Å². The van der Waals surface area contributed by atoms with E-state index in [9.17, 15) is 0 Å². The number of pyridine rings is 1. The van der Waals surface area contributed by atoms with Crippen molar-refractivity contribution in [2.75, 3.05) is 5.73 Å². The molecule has 4 heteroatoms. The Morgan fingerprint density at radius 2 is 2.00 bits per heavy atom. The molecule has 0 aromatic carbocycles. The van der Waals surface area contributed by atoms with E-state index in [0.29, 0.717) is 5.82 Å². The zero-order chi connectivity index (χ0) is 11.5. The fraction of sp³-hybridized carbons (Fsp3) is 0.250. The van der Waals surface area contributed by atoms with E-state index in [2.05, 4.69) is 15.0 Å². The molecule has 0 amide bonds. The van der Waals surface area contributed by atoms with Crippen LogP contribution in [0.5, 0.6) is 0 Å². The summed E-state index contributed by atoms with van der Waals surface area (Å²) in [6.07, 6.45) is 4.38. The van der Waals surface area contributed by atoms with Gasteiger partial charge in [-0.05, 0) is 18.6 Å². The first kappa shape index (κ1) is 10.5. The monoisotopic (exact) mass is 214 g/mol. The number of nitrogens with two attached hydrogens (primary N) is 1. The summed E-state index contributed by atoms with van der Waals surface area (Å²) in [7, 11) is 0. The number of anilines is 1. The Morgan fingerprint density at radius 1 is 1.19 bits per heavy atom. The van der Waals surface area contributed by atoms with Crippen LogP contribution in [0.2, 0.25) is 0 Å². The third kappa shape index (κ3) is 2.16. The van der Waals surface area contributed by atoms with Gasteiger partial charge in [-0.15, -0.1) is 0 Å². The predicted octanol–water partition coefficient (Wildman–Crippen LogP) is 1.99. The molecule has 0 fully saturated rings. The molecule has 0 unspecified atom stereocenters. The Balaban J connectivity index is 2.51. The van der Waals surface area contributed by atoms with Crippen LogP contribution in [0, 0.1) is 6.92 Å². The minimum absolute atomic E-state index is 0.503. The van der Waals surface area contributed by atoms with Crippen molar-refractivity contribution in [3.05, 3.63) is 35.9 Å². The maximum Gasteiger partial charge on any atom is 0.131 e. The second kappa shape index (κ2) is 4.26. The van der Waals surface area contributed by atoms with E-state index >= 15 is 0 Å². The van der Waals surface area contributed by atoms with Crippen molar-refractivity contribution >= 4 is 5.82 Å². The van der Waals surface area contributed by atoms with Crippen LogP contribution in [0.25, 0.3) is 11.3 Å². The van der Waals surface area contributed by atoms with Crippen LogP contribution >= 0.6 is 0 Å². The minimum Gasteiger partial charge on any atom is -0.384 e. The summed E-state index contributed by atoms with van der Waals surface area (Å²) in [5.41, 5.74) is 8.65. The second-order valence-corrected chi connectivity index (χ2v) is 3.70. The molecule has 2 N–H and O–H groups in total. The van der Waals surface area contributed by atoms with Gasteiger partial charge in [0, 0.05) is 30.4 Å². The molecule has 0 aliphatic heterocycles. The van der Waals surface area contributed by atoms with Gasteiger partial charge in [0.25, 0.3) is 0 Å². The van der Waals surface area contributed by atoms with Crippen molar-refractivity contribution in [3.63, 3.8) is 0 Å². The molecule has 2 aromatic heterocycles. The van der Waals surface area contributed by atoms with Crippen molar-refractivity contribution in [2.24, 2.45) is 0 Å². The van der Waals surface area contributed by atoms with Crippen LogP contribution in [0.15, 0.2) is 24.5 Å². The Labute approximate surface area is 94.6 Å². The fourth-order valence-corrected chi connectivity index (χ4v) is 1.52. The first-order valence-corrected chi connectivity index (χ1v) is 5.24. The van der Waals surface area contributed by atoms with Gasteiger partial charge in [-0.25, -0.2) is 9.97 Å². The number of aryl methyl sites for hydroxylation is 2. The molecule has 0 atom stereocenters. The average molecular weight is 214 g/mol. The van der Waals surface area contributed by atoms with Crippen LogP contribution in [-0.4, -0.2) is 15.0 Å². The summed E-state index contributed by atoms with van der Waals surface area (Å²) in [5, 5.41) is 0. The molecule has 2 heterocycles. The summed E-state index contributed by atoms with van der Waals surface area (Å²) >= 11 is 0. The predicted molar refractivity (Wildman–Crippen MR) is 63.8 cm³/mol. The molecule has 0 saturated heterocycles. The van der Waals surface area contributed by atoms with Gasteiger partial charge in [0.05, 0.1) is 5.69 Å². The molecule has 0 aliphatic carbocycles. The lowest BCUT2D eigenvalue weighted by Gasteiger charge is -2.04. The third-order valence-electron chi connectivity index (χ3n) is 2.28. The van der Waals surface area contributed by atoms with Gasteiger partial charge < -0.3 is 5.73 Å². The van der Waals surface area contributed by atoms with Crippen molar-refractivity contribution < 1.29 is 0 Å². The molecule has 82 valence electrons. The Hall–Kier alpha value is -1.97. The van der Waals surface area contributed by atoms with E-state index < -0.39 is 0 Å². The standard InChI is InChI=1S/C12H14N4/c1-3-12-15-10(5-11(13)16-12)9-4-8(2)6-14-7-9/h4-7H,3H2,1-2H3,(H2,13,15,16). The van der Waals surface area contributed by atoms with Crippen LogP contribution in [0.4, 0.5) is 5.82 Å². The Morgan fingerprint density at radius 3 is 2.69 bits per heavy atom. The van der Waals surface area contributed by atoms with Crippen LogP contribution < -0.4 is 5.73 Å². The second-order valence-electron chi connectivity index (χ2n) is 3.70. The number of nitrogen functional groups attached to an aromatic ring is 1. The topological polar surface area (TPSA) is 64.7 Å². The zero-order valence-corrected chi connectivity index (χ0v) is 9.44. The van der Waals surface area contributed by atoms with Crippen LogP contribution in [0.1, 0.15) is 18.3 Å². The maximum absolute atomic E-state index is 5.74. The highest BCUT2D eigenvalue weighted by atomic mass is 14.9. The lowest BCUT2D eigenvalue weighted by atomic mass is 10.1. The zero-order valence-electron chi connectivity index (χ0n) is 9.44. The summed E-state index contributed by atoms with van der Waals surface area (Å²) in [6, 6.07) is 3.81. The molecule has 0 radical (unpaired) electrons. The van der Waals surface area contributed by atoms with E-state index in [0.717, 1.165) is 29.1 Å². The average Bonchev–Trinajstić information content (AvgIpc) is 2.28. The first-order valence-electron chi connectivity index (χ1n) is 5.24. The smallest absolute Gasteiger partial charge is 0.131 e. The van der Waals surface area contributed by atoms with Gasteiger partial charge in [0.15, 0.2) is 0 Å². The van der Waals surface area contributed by atoms with Gasteiger partial charge in [-0.3, -0.25) is 4.98 Å². The lowest BCUT2D eigenvalue weighted by molar-refractivity contribution is 0.948. The lowest BCUT2D eigenvalue weighted by Crippen LogP contribution is -2.00. The largest absolute Gasteiger partial charge is 0.384 e. The molecule has 2 rings (SSSR count). The first-order chi connectivity index (χ1) is 7.69. The number of rotatable bonds is 2. The molecular weight excluding hydrogens is 200 g/mol. The molecule has 4 nitrogen and oxygen atoms in total. The molecule has 0 bridgehead atoms. The quantitative estimate of drug-likeness (QED) is 0.830. The van der Waals surface area contributed by atoms with Gasteiger partial charge in [-0.1, -0.05) is 6.92 Å². The summed E-state index contributed by atoms with van der Waals surface area (Å²) in [4.78, 5) is 12.7. The van der Waals surface area contributed by atoms with Crippen molar-refractivity contribution in [1.29, 1.82) is 0 Å². The third-order valence-corrected chi connectivity index (χ3v) is 2.28. The minimum atomic E-state index is 0.503. The molecule has 16 heavy (non-hydrogen) atoms. The van der Waals surface area contributed by atoms with E-state index in [4.69, 9.17) is 5.73 Å². The van der Waals surface area contributed by atoms with Crippen molar-refractivity contribution in [2.45, 2.75) is 20.3 Å². The normalized spacial score (nSPS) is 10.4. The van der Waals surface area contributed by atoms with Gasteiger partial charge >= 0.3 is 0 Å². The Bertz CT molecular complexity index is 508. The van der Waals surface area contributed by atoms with E-state index in [1.165, 1.54) is 0 Å². The SMILES string of the molecule is CCc1nc(N)cc(-c2cncc(C)c2)n1. The van der Waals surface area contributed by atoms with Crippen LogP contribution in [0.3, 0.4) is 0 Å². The van der Waals surface area contributed by atoms with Crippen molar-refractivity contribution in [1.82, 2.24) is 15.0 Å². The Kier molecular flexibility index (Phi) is 2.81. The molecule has 0 aliphatic rings. The molecule has 0 saturated carbocycles. The van der Waals surface area contributed by atoms with Crippen molar-refractivity contribution in [3.8, 4) is 11.3 Å². The van der Waals surface area contributed by atoms with E-state index in [1.807, 2.05) is 26.1 Å². The molecule has 2 aromatic rings. The highest BCUT2D eigenvalue weighted by Gasteiger charge is 2.04. The number of nitrogens with zero attached hydrogens (tertiary/aromatic N) is 3. The highest BCUT2D eigenvalue weighted by molar-refractivity contribution is 5.61. The highest BCUT2D eigenvalue weighted by Crippen LogP contribution is 2.18. The van der Waals surface area contributed by atoms with Gasteiger partial charge in [-0.2, -0.15) is 0 Å². The maximum atomic E-state index is 5.74.